The Kier molecular flexibility index (Phi) is 2.41. The third kappa shape index (κ3) is 1.72. The first-order valence-electron chi connectivity index (χ1n) is 4.61. The summed E-state index contributed by atoms with van der Waals surface area (Å²) in [7, 11) is 0. The maximum atomic E-state index is 4.47. The fourth-order valence-electron chi connectivity index (χ4n) is 1.85. The lowest BCUT2D eigenvalue weighted by Gasteiger charge is -2.31. The molecule has 3 heteroatoms. The molecule has 0 amide bonds. The first kappa shape index (κ1) is 7.53. The molecule has 1 unspecified atom stereocenters. The van der Waals surface area contributed by atoms with Gasteiger partial charge in [-0.15, -0.1) is 0 Å². The topological polar surface area (TPSA) is 29.4 Å². The standard InChI is InChI=1S/C8H16N3/c1-2-6-11(7-3-1)8-9-4-5-10-8/h8-9H,1-7H2. The Hall–Kier alpha value is -0.120. The average molecular weight is 154 g/mol. The Morgan fingerprint density at radius 3 is 2.64 bits per heavy atom. The minimum Gasteiger partial charge on any atom is -0.287 e. The van der Waals surface area contributed by atoms with Crippen molar-refractivity contribution in [2.45, 2.75) is 25.6 Å². The van der Waals surface area contributed by atoms with Crippen LogP contribution in [0.3, 0.4) is 0 Å². The van der Waals surface area contributed by atoms with E-state index in [0.717, 1.165) is 13.1 Å². The Labute approximate surface area is 68.1 Å². The summed E-state index contributed by atoms with van der Waals surface area (Å²) in [6, 6.07) is 0. The molecule has 1 N–H and O–H groups in total. The van der Waals surface area contributed by atoms with Crippen molar-refractivity contribution in [3.8, 4) is 0 Å². The summed E-state index contributed by atoms with van der Waals surface area (Å²) in [5, 5.41) is 7.86. The summed E-state index contributed by atoms with van der Waals surface area (Å²) in [5.41, 5.74) is 0. The van der Waals surface area contributed by atoms with Gasteiger partial charge < -0.3 is 0 Å². The van der Waals surface area contributed by atoms with Crippen LogP contribution < -0.4 is 10.6 Å². The van der Waals surface area contributed by atoms with Gasteiger partial charge in [-0.2, -0.15) is 0 Å². The highest BCUT2D eigenvalue weighted by Gasteiger charge is 2.23. The fourth-order valence-corrected chi connectivity index (χ4v) is 1.85. The monoisotopic (exact) mass is 154 g/mol. The normalized spacial score (nSPS) is 29.5. The zero-order chi connectivity index (χ0) is 7.52. The Morgan fingerprint density at radius 1 is 1.18 bits per heavy atom. The van der Waals surface area contributed by atoms with Gasteiger partial charge in [0.1, 0.15) is 6.29 Å². The van der Waals surface area contributed by atoms with Gasteiger partial charge >= 0.3 is 0 Å². The largest absolute Gasteiger partial charge is 0.287 e. The van der Waals surface area contributed by atoms with E-state index in [0.29, 0.717) is 6.29 Å². The van der Waals surface area contributed by atoms with E-state index in [1.807, 2.05) is 0 Å². The maximum absolute atomic E-state index is 4.47. The molecule has 2 fully saturated rings. The highest BCUT2D eigenvalue weighted by Crippen LogP contribution is 2.11. The lowest BCUT2D eigenvalue weighted by Crippen LogP contribution is -2.48. The zero-order valence-corrected chi connectivity index (χ0v) is 6.92. The minimum absolute atomic E-state index is 0.357. The number of nitrogens with zero attached hydrogens (tertiary/aromatic N) is 2. The minimum atomic E-state index is 0.357. The Morgan fingerprint density at radius 2 is 2.00 bits per heavy atom. The van der Waals surface area contributed by atoms with Crippen molar-refractivity contribution in [3.63, 3.8) is 0 Å². The van der Waals surface area contributed by atoms with Gasteiger partial charge in [-0.25, -0.2) is 5.32 Å². The van der Waals surface area contributed by atoms with E-state index in [1.165, 1.54) is 32.4 Å². The molecule has 0 spiro atoms. The quantitative estimate of drug-likeness (QED) is 0.574. The molecule has 0 bridgehead atoms. The summed E-state index contributed by atoms with van der Waals surface area (Å²) in [4.78, 5) is 2.45. The van der Waals surface area contributed by atoms with E-state index in [4.69, 9.17) is 0 Å². The first-order chi connectivity index (χ1) is 5.47. The van der Waals surface area contributed by atoms with Crippen LogP contribution in [0.2, 0.25) is 0 Å². The van der Waals surface area contributed by atoms with Gasteiger partial charge in [-0.05, 0) is 12.8 Å². The molecule has 0 aromatic rings. The van der Waals surface area contributed by atoms with Crippen LogP contribution in [-0.4, -0.2) is 37.4 Å². The van der Waals surface area contributed by atoms with Gasteiger partial charge in [0.2, 0.25) is 0 Å². The van der Waals surface area contributed by atoms with Crippen molar-refractivity contribution in [2.75, 3.05) is 26.2 Å². The van der Waals surface area contributed by atoms with Crippen molar-refractivity contribution < 1.29 is 0 Å². The molecule has 2 heterocycles. The van der Waals surface area contributed by atoms with E-state index in [-0.39, 0.29) is 0 Å². The number of rotatable bonds is 1. The van der Waals surface area contributed by atoms with Gasteiger partial charge in [0.05, 0.1) is 0 Å². The van der Waals surface area contributed by atoms with Crippen molar-refractivity contribution in [3.05, 3.63) is 0 Å². The molecule has 2 rings (SSSR count). The van der Waals surface area contributed by atoms with Crippen LogP contribution >= 0.6 is 0 Å². The van der Waals surface area contributed by atoms with Gasteiger partial charge in [0.15, 0.2) is 0 Å². The lowest BCUT2D eigenvalue weighted by molar-refractivity contribution is 0.134. The lowest BCUT2D eigenvalue weighted by atomic mass is 10.1. The van der Waals surface area contributed by atoms with Gasteiger partial charge in [0, 0.05) is 26.2 Å². The van der Waals surface area contributed by atoms with Crippen molar-refractivity contribution >= 4 is 0 Å². The number of hydrogen-bond acceptors (Lipinski definition) is 2. The zero-order valence-electron chi connectivity index (χ0n) is 6.92. The number of hydrogen-bond donors (Lipinski definition) is 1. The second kappa shape index (κ2) is 3.52. The molecule has 1 atom stereocenters. The van der Waals surface area contributed by atoms with Crippen LogP contribution in [0.15, 0.2) is 0 Å². The van der Waals surface area contributed by atoms with Crippen LogP contribution in [-0.2, 0) is 0 Å². The van der Waals surface area contributed by atoms with Crippen LogP contribution in [0.5, 0.6) is 0 Å². The highest BCUT2D eigenvalue weighted by molar-refractivity contribution is 4.76. The summed E-state index contributed by atoms with van der Waals surface area (Å²) in [6.45, 7) is 4.55. The predicted octanol–water partition coefficient (Wildman–Crippen LogP) is -0.0365. The third-order valence-corrected chi connectivity index (χ3v) is 2.48. The molecule has 2 aliphatic heterocycles. The van der Waals surface area contributed by atoms with Crippen molar-refractivity contribution in [2.24, 2.45) is 0 Å². The van der Waals surface area contributed by atoms with Gasteiger partial charge in [-0.3, -0.25) is 10.2 Å². The molecule has 63 valence electrons. The molecule has 11 heavy (non-hydrogen) atoms. The summed E-state index contributed by atoms with van der Waals surface area (Å²) >= 11 is 0. The Balaban J connectivity index is 1.82. The van der Waals surface area contributed by atoms with Crippen LogP contribution in [0.25, 0.3) is 0 Å². The molecular weight excluding hydrogens is 138 g/mol. The number of likely N-dealkylation sites (tertiary alicyclic amines) is 1. The summed E-state index contributed by atoms with van der Waals surface area (Å²) in [5.74, 6) is 0. The number of piperidine rings is 1. The SMILES string of the molecule is C1CCN(C2[N]CCN2)CC1. The van der Waals surface area contributed by atoms with Crippen molar-refractivity contribution in [1.29, 1.82) is 0 Å². The first-order valence-corrected chi connectivity index (χ1v) is 4.61. The fraction of sp³-hybridized carbons (Fsp3) is 1.00. The Bertz CT molecular complexity index is 115. The maximum Gasteiger partial charge on any atom is 0.130 e. The van der Waals surface area contributed by atoms with E-state index >= 15 is 0 Å². The van der Waals surface area contributed by atoms with Gasteiger partial charge in [-0.1, -0.05) is 6.42 Å². The summed E-state index contributed by atoms with van der Waals surface area (Å²) < 4.78 is 0. The number of nitrogens with one attached hydrogen (secondary N) is 1. The predicted molar refractivity (Wildman–Crippen MR) is 44.2 cm³/mol. The smallest absolute Gasteiger partial charge is 0.130 e. The van der Waals surface area contributed by atoms with E-state index in [2.05, 4.69) is 15.5 Å². The van der Waals surface area contributed by atoms with Gasteiger partial charge in [0.25, 0.3) is 0 Å². The molecule has 2 aliphatic rings. The molecule has 1 radical (unpaired) electrons. The van der Waals surface area contributed by atoms with Crippen LogP contribution in [0, 0.1) is 0 Å². The van der Waals surface area contributed by atoms with E-state index in [9.17, 15) is 0 Å². The molecule has 0 saturated carbocycles. The third-order valence-electron chi connectivity index (χ3n) is 2.48. The summed E-state index contributed by atoms with van der Waals surface area (Å²) in [6.07, 6.45) is 4.47. The molecule has 0 aliphatic carbocycles. The molecular formula is C8H16N3. The highest BCUT2D eigenvalue weighted by atomic mass is 15.4. The molecule has 0 aromatic heterocycles. The average Bonchev–Trinajstić information content (AvgIpc) is 2.58. The second-order valence-corrected chi connectivity index (χ2v) is 3.33. The molecule has 3 nitrogen and oxygen atoms in total. The van der Waals surface area contributed by atoms with Crippen LogP contribution in [0.4, 0.5) is 0 Å². The molecule has 2 saturated heterocycles. The second-order valence-electron chi connectivity index (χ2n) is 3.33. The molecule has 0 aromatic carbocycles. The van der Waals surface area contributed by atoms with Crippen molar-refractivity contribution in [1.82, 2.24) is 15.5 Å². The van der Waals surface area contributed by atoms with Crippen LogP contribution in [0.1, 0.15) is 19.3 Å². The van der Waals surface area contributed by atoms with E-state index < -0.39 is 0 Å². The van der Waals surface area contributed by atoms with E-state index in [1.54, 1.807) is 0 Å².